The maximum atomic E-state index is 13.5. The minimum absolute atomic E-state index is 0.0687. The van der Waals surface area contributed by atoms with E-state index in [1.165, 1.54) is 6.34 Å². The number of ether oxygens (including phenoxy) is 2. The summed E-state index contributed by atoms with van der Waals surface area (Å²) in [5.41, 5.74) is 9.82. The van der Waals surface area contributed by atoms with Gasteiger partial charge in [0, 0.05) is 86.0 Å². The van der Waals surface area contributed by atoms with Crippen LogP contribution in [0.25, 0.3) is 0 Å². The first kappa shape index (κ1) is 26.8. The number of pyridine rings is 1. The Morgan fingerprint density at radius 3 is 2.83 bits per heavy atom. The Kier molecular flexibility index (Phi) is 9.16. The van der Waals surface area contributed by atoms with Gasteiger partial charge in [-0.3, -0.25) is 9.78 Å². The zero-order valence-corrected chi connectivity index (χ0v) is 22.8. The molecule has 2 atom stereocenters. The van der Waals surface area contributed by atoms with Crippen molar-refractivity contribution in [3.8, 4) is 0 Å². The molecule has 0 aliphatic carbocycles. The molecule has 1 amide bonds. The number of methoxy groups -OCH3 is 1. The number of halogens is 1. The smallest absolute Gasteiger partial charge is 0.272 e. The highest BCUT2D eigenvalue weighted by Gasteiger charge is 2.31. The van der Waals surface area contributed by atoms with E-state index in [1.54, 1.807) is 7.11 Å². The minimum atomic E-state index is -0.101. The Bertz CT molecular complexity index is 1020. The van der Waals surface area contributed by atoms with Crippen LogP contribution in [0.15, 0.2) is 45.3 Å². The predicted octanol–water partition coefficient (Wildman–Crippen LogP) is 2.36. The van der Waals surface area contributed by atoms with E-state index >= 15 is 0 Å². The van der Waals surface area contributed by atoms with Crippen LogP contribution in [0.3, 0.4) is 0 Å². The van der Waals surface area contributed by atoms with Crippen molar-refractivity contribution in [3.05, 3.63) is 51.5 Å². The van der Waals surface area contributed by atoms with Crippen molar-refractivity contribution in [1.29, 1.82) is 0 Å². The lowest BCUT2D eigenvalue weighted by Gasteiger charge is -2.38. The number of allylic oxidation sites excluding steroid dienone is 1. The first-order valence-corrected chi connectivity index (χ1v) is 13.4. The van der Waals surface area contributed by atoms with Crippen LogP contribution in [0.1, 0.15) is 37.4 Å². The van der Waals surface area contributed by atoms with Gasteiger partial charge in [-0.1, -0.05) is 6.58 Å². The van der Waals surface area contributed by atoms with Gasteiger partial charge in [-0.15, -0.1) is 0 Å². The summed E-state index contributed by atoms with van der Waals surface area (Å²) in [6, 6.07) is 2.72. The van der Waals surface area contributed by atoms with Gasteiger partial charge in [0.05, 0.1) is 19.0 Å². The van der Waals surface area contributed by atoms with Crippen molar-refractivity contribution in [2.45, 2.75) is 57.3 Å². The van der Waals surface area contributed by atoms with E-state index < -0.39 is 0 Å². The lowest BCUT2D eigenvalue weighted by molar-refractivity contribution is -0.128. The molecule has 0 aromatic carbocycles. The molecule has 36 heavy (non-hydrogen) atoms. The second-order valence-corrected chi connectivity index (χ2v) is 10.5. The van der Waals surface area contributed by atoms with E-state index in [9.17, 15) is 4.79 Å². The number of likely N-dealkylation sites (tertiary alicyclic amines) is 1. The third kappa shape index (κ3) is 6.16. The Hall–Kier alpha value is -2.27. The zero-order valence-electron chi connectivity index (χ0n) is 21.2. The van der Waals surface area contributed by atoms with Crippen molar-refractivity contribution in [2.75, 3.05) is 40.0 Å². The van der Waals surface area contributed by atoms with Gasteiger partial charge in [-0.25, -0.2) is 4.99 Å². The van der Waals surface area contributed by atoms with Gasteiger partial charge in [0.1, 0.15) is 5.70 Å². The summed E-state index contributed by atoms with van der Waals surface area (Å²) in [6.07, 6.45) is 6.62. The number of amides is 1. The third-order valence-electron chi connectivity index (χ3n) is 7.42. The standard InChI is InChI=1S/C26H37BrN6O3/c1-17(18(2)33-10-6-22-19(14-33)12-20(27)13-29-22)25(30-16-28)26(34)32-8-4-21(5-9-32)31-23-7-11-36-15-24(23)35-3/h12-13,16,21,23-24,31H,2,4-11,14-15H2,1,3H3,(H2,28,30)/b25-17-. The largest absolute Gasteiger partial charge is 0.390 e. The third-order valence-corrected chi connectivity index (χ3v) is 7.85. The molecule has 2 fully saturated rings. The van der Waals surface area contributed by atoms with Crippen molar-refractivity contribution in [1.82, 2.24) is 20.1 Å². The molecule has 0 radical (unpaired) electrons. The number of piperidine rings is 1. The van der Waals surface area contributed by atoms with Crippen LogP contribution >= 0.6 is 15.9 Å². The molecular weight excluding hydrogens is 524 g/mol. The van der Waals surface area contributed by atoms with Gasteiger partial charge in [-0.2, -0.15) is 0 Å². The average molecular weight is 562 g/mol. The number of aliphatic imine (C=N–C) groups is 1. The summed E-state index contributed by atoms with van der Waals surface area (Å²) in [7, 11) is 1.73. The van der Waals surface area contributed by atoms with Crippen LogP contribution in [-0.4, -0.2) is 85.2 Å². The Balaban J connectivity index is 1.40. The molecule has 10 heteroatoms. The van der Waals surface area contributed by atoms with Crippen LogP contribution in [-0.2, 0) is 27.2 Å². The maximum Gasteiger partial charge on any atom is 0.272 e. The molecule has 1 aromatic rings. The molecule has 4 heterocycles. The van der Waals surface area contributed by atoms with Gasteiger partial charge in [-0.05, 0) is 53.7 Å². The summed E-state index contributed by atoms with van der Waals surface area (Å²) >= 11 is 3.51. The van der Waals surface area contributed by atoms with Gasteiger partial charge in [0.2, 0.25) is 0 Å². The highest BCUT2D eigenvalue weighted by molar-refractivity contribution is 9.10. The fourth-order valence-electron chi connectivity index (χ4n) is 5.22. The minimum Gasteiger partial charge on any atom is -0.390 e. The molecule has 3 N–H and O–H groups in total. The van der Waals surface area contributed by atoms with E-state index in [0.29, 0.717) is 38.0 Å². The summed E-state index contributed by atoms with van der Waals surface area (Å²) in [5.74, 6) is -0.101. The summed E-state index contributed by atoms with van der Waals surface area (Å²) in [4.78, 5) is 26.4. The predicted molar refractivity (Wildman–Crippen MR) is 143 cm³/mol. The molecule has 9 nitrogen and oxygen atoms in total. The Labute approximate surface area is 221 Å². The number of carbonyl (C=O) groups excluding carboxylic acids is 1. The highest BCUT2D eigenvalue weighted by Crippen LogP contribution is 2.28. The summed E-state index contributed by atoms with van der Waals surface area (Å²) in [5, 5.41) is 3.73. The number of carbonyl (C=O) groups is 1. The SMILES string of the molecule is C=C(/C(C)=C(\N=C/N)C(=O)N1CCC(NC2CCOCC2OC)CC1)N1CCc2ncc(Br)cc2C1. The first-order chi connectivity index (χ1) is 17.4. The summed E-state index contributed by atoms with van der Waals surface area (Å²) in [6.45, 7) is 10.4. The van der Waals surface area contributed by atoms with Gasteiger partial charge in [0.15, 0.2) is 0 Å². The Morgan fingerprint density at radius 2 is 2.11 bits per heavy atom. The number of nitrogens with two attached hydrogens (primary N) is 1. The number of hydrogen-bond donors (Lipinski definition) is 2. The molecule has 3 aliphatic rings. The fraction of sp³-hybridized carbons (Fsp3) is 0.577. The van der Waals surface area contributed by atoms with Crippen molar-refractivity contribution >= 4 is 28.2 Å². The molecule has 2 unspecified atom stereocenters. The van der Waals surface area contributed by atoms with E-state index in [2.05, 4.69) is 48.8 Å². The molecule has 3 aliphatic heterocycles. The molecule has 0 bridgehead atoms. The number of hydrogen-bond acceptors (Lipinski definition) is 7. The zero-order chi connectivity index (χ0) is 25.7. The van der Waals surface area contributed by atoms with Gasteiger partial charge in [0.25, 0.3) is 5.91 Å². The molecule has 196 valence electrons. The fourth-order valence-corrected chi connectivity index (χ4v) is 5.60. The lowest BCUT2D eigenvalue weighted by Crippen LogP contribution is -2.54. The molecule has 0 spiro atoms. The van der Waals surface area contributed by atoms with Crippen LogP contribution < -0.4 is 11.1 Å². The van der Waals surface area contributed by atoms with Crippen LogP contribution in [0.4, 0.5) is 0 Å². The topological polar surface area (TPSA) is 105 Å². The maximum absolute atomic E-state index is 13.5. The average Bonchev–Trinajstić information content (AvgIpc) is 2.91. The number of aromatic nitrogens is 1. The molecule has 0 saturated carbocycles. The van der Waals surface area contributed by atoms with Crippen molar-refractivity contribution < 1.29 is 14.3 Å². The number of fused-ring (bicyclic) bond motifs is 1. The number of rotatable bonds is 7. The van der Waals surface area contributed by atoms with Gasteiger partial charge >= 0.3 is 0 Å². The van der Waals surface area contributed by atoms with E-state index in [4.69, 9.17) is 15.2 Å². The molecule has 1 aromatic heterocycles. The molecular formula is C26H37BrN6O3. The van der Waals surface area contributed by atoms with Crippen LogP contribution in [0.2, 0.25) is 0 Å². The second-order valence-electron chi connectivity index (χ2n) is 9.61. The lowest BCUT2D eigenvalue weighted by atomic mass is 9.99. The van der Waals surface area contributed by atoms with Crippen LogP contribution in [0.5, 0.6) is 0 Å². The van der Waals surface area contributed by atoms with E-state index in [0.717, 1.165) is 65.8 Å². The summed E-state index contributed by atoms with van der Waals surface area (Å²) < 4.78 is 12.1. The normalized spacial score (nSPS) is 24.0. The first-order valence-electron chi connectivity index (χ1n) is 12.6. The number of nitrogens with one attached hydrogen (secondary N) is 1. The Morgan fingerprint density at radius 1 is 1.33 bits per heavy atom. The van der Waals surface area contributed by atoms with Crippen LogP contribution in [0, 0.1) is 0 Å². The van der Waals surface area contributed by atoms with E-state index in [-0.39, 0.29) is 18.1 Å². The number of nitrogens with zero attached hydrogens (tertiary/aromatic N) is 4. The molecule has 2 saturated heterocycles. The van der Waals surface area contributed by atoms with Gasteiger partial charge < -0.3 is 30.3 Å². The quantitative estimate of drug-likeness (QED) is 0.228. The second kappa shape index (κ2) is 12.3. The highest BCUT2D eigenvalue weighted by atomic mass is 79.9. The van der Waals surface area contributed by atoms with E-state index in [1.807, 2.05) is 18.0 Å². The monoisotopic (exact) mass is 560 g/mol. The van der Waals surface area contributed by atoms with Crippen molar-refractivity contribution in [3.63, 3.8) is 0 Å². The van der Waals surface area contributed by atoms with Crippen molar-refractivity contribution in [2.24, 2.45) is 10.7 Å². The molecule has 4 rings (SSSR count).